The van der Waals surface area contributed by atoms with Crippen LogP contribution in [0.2, 0.25) is 0 Å². The molecule has 1 N–H and O–H groups in total. The fraction of sp³-hybridized carbons (Fsp3) is 0.333. The first kappa shape index (κ1) is 11.1. The van der Waals surface area contributed by atoms with E-state index in [1.54, 1.807) is 6.20 Å². The Morgan fingerprint density at radius 3 is 3.00 bits per heavy atom. The van der Waals surface area contributed by atoms with Gasteiger partial charge in [0, 0.05) is 22.7 Å². The SMILES string of the molecule is CC(Cl)CCNc1nncc2ccccc12. The minimum absolute atomic E-state index is 0.176. The lowest BCUT2D eigenvalue weighted by molar-refractivity contribution is 0.836. The molecule has 1 aromatic heterocycles. The molecule has 0 aliphatic rings. The summed E-state index contributed by atoms with van der Waals surface area (Å²) in [4.78, 5) is 0. The van der Waals surface area contributed by atoms with Crippen LogP contribution in [0.15, 0.2) is 30.5 Å². The number of hydrogen-bond donors (Lipinski definition) is 1. The minimum Gasteiger partial charge on any atom is -0.368 e. The van der Waals surface area contributed by atoms with Crippen LogP contribution < -0.4 is 5.32 Å². The number of benzene rings is 1. The molecule has 0 fully saturated rings. The molecular formula is C12H14ClN3. The Balaban J connectivity index is 2.17. The lowest BCUT2D eigenvalue weighted by Crippen LogP contribution is -2.08. The smallest absolute Gasteiger partial charge is 0.156 e. The van der Waals surface area contributed by atoms with Gasteiger partial charge in [-0.05, 0) is 13.3 Å². The lowest BCUT2D eigenvalue weighted by atomic mass is 10.2. The molecule has 84 valence electrons. The van der Waals surface area contributed by atoms with Crippen LogP contribution in [0.4, 0.5) is 5.82 Å². The van der Waals surface area contributed by atoms with Crippen molar-refractivity contribution in [3.63, 3.8) is 0 Å². The molecule has 0 saturated carbocycles. The minimum atomic E-state index is 0.176. The molecule has 16 heavy (non-hydrogen) atoms. The zero-order valence-corrected chi connectivity index (χ0v) is 9.91. The Hall–Kier alpha value is -1.35. The quantitative estimate of drug-likeness (QED) is 0.828. The van der Waals surface area contributed by atoms with Crippen LogP contribution in [0.1, 0.15) is 13.3 Å². The largest absolute Gasteiger partial charge is 0.368 e. The number of hydrogen-bond acceptors (Lipinski definition) is 3. The topological polar surface area (TPSA) is 37.8 Å². The number of aromatic nitrogens is 2. The fourth-order valence-corrected chi connectivity index (χ4v) is 1.66. The molecule has 3 nitrogen and oxygen atoms in total. The van der Waals surface area contributed by atoms with Gasteiger partial charge in [-0.3, -0.25) is 0 Å². The van der Waals surface area contributed by atoms with Crippen LogP contribution in [0.5, 0.6) is 0 Å². The summed E-state index contributed by atoms with van der Waals surface area (Å²) in [7, 11) is 0. The van der Waals surface area contributed by atoms with Gasteiger partial charge in [0.15, 0.2) is 5.82 Å². The Bertz CT molecular complexity index is 465. The molecule has 2 aromatic rings. The summed E-state index contributed by atoms with van der Waals surface area (Å²) in [6, 6.07) is 8.06. The van der Waals surface area contributed by atoms with Crippen molar-refractivity contribution in [2.75, 3.05) is 11.9 Å². The first-order chi connectivity index (χ1) is 7.77. The molecular weight excluding hydrogens is 222 g/mol. The van der Waals surface area contributed by atoms with Crippen molar-refractivity contribution in [2.45, 2.75) is 18.7 Å². The number of anilines is 1. The van der Waals surface area contributed by atoms with E-state index in [9.17, 15) is 0 Å². The second-order valence-electron chi connectivity index (χ2n) is 3.78. The summed E-state index contributed by atoms with van der Waals surface area (Å²) < 4.78 is 0. The molecule has 0 saturated heterocycles. The molecule has 0 aliphatic heterocycles. The molecule has 2 rings (SSSR count). The first-order valence-corrected chi connectivity index (χ1v) is 5.79. The van der Waals surface area contributed by atoms with Crippen LogP contribution in [0.3, 0.4) is 0 Å². The highest BCUT2D eigenvalue weighted by Crippen LogP contribution is 2.19. The van der Waals surface area contributed by atoms with Gasteiger partial charge >= 0.3 is 0 Å². The van der Waals surface area contributed by atoms with Crippen LogP contribution in [0.25, 0.3) is 10.8 Å². The Kier molecular flexibility index (Phi) is 3.57. The molecule has 0 spiro atoms. The van der Waals surface area contributed by atoms with E-state index in [0.29, 0.717) is 0 Å². The number of rotatable bonds is 4. The van der Waals surface area contributed by atoms with Gasteiger partial charge < -0.3 is 5.32 Å². The molecule has 1 unspecified atom stereocenters. The highest BCUT2D eigenvalue weighted by atomic mass is 35.5. The lowest BCUT2D eigenvalue weighted by Gasteiger charge is -2.08. The van der Waals surface area contributed by atoms with Gasteiger partial charge in [-0.2, -0.15) is 5.10 Å². The summed E-state index contributed by atoms with van der Waals surface area (Å²) in [6.45, 7) is 2.80. The van der Waals surface area contributed by atoms with Crippen LogP contribution in [0, 0.1) is 0 Å². The Labute approximate surface area is 99.8 Å². The van der Waals surface area contributed by atoms with Gasteiger partial charge in [-0.25, -0.2) is 0 Å². The third-order valence-corrected chi connectivity index (χ3v) is 2.62. The van der Waals surface area contributed by atoms with Crippen molar-refractivity contribution in [2.24, 2.45) is 0 Å². The van der Waals surface area contributed by atoms with Crippen molar-refractivity contribution in [1.29, 1.82) is 0 Å². The van der Waals surface area contributed by atoms with Crippen molar-refractivity contribution in [3.8, 4) is 0 Å². The summed E-state index contributed by atoms with van der Waals surface area (Å²) >= 11 is 5.89. The predicted octanol–water partition coefficient (Wildman–Crippen LogP) is 3.06. The summed E-state index contributed by atoms with van der Waals surface area (Å²) in [6.07, 6.45) is 2.68. The average molecular weight is 236 g/mol. The van der Waals surface area contributed by atoms with Gasteiger partial charge in [-0.1, -0.05) is 24.3 Å². The van der Waals surface area contributed by atoms with Crippen molar-refractivity contribution in [3.05, 3.63) is 30.5 Å². The molecule has 0 radical (unpaired) electrons. The van der Waals surface area contributed by atoms with Gasteiger partial charge in [0.25, 0.3) is 0 Å². The highest BCUT2D eigenvalue weighted by molar-refractivity contribution is 6.20. The van der Waals surface area contributed by atoms with Crippen LogP contribution in [-0.2, 0) is 0 Å². The van der Waals surface area contributed by atoms with E-state index in [2.05, 4.69) is 15.5 Å². The fourth-order valence-electron chi connectivity index (χ4n) is 1.55. The highest BCUT2D eigenvalue weighted by Gasteiger charge is 2.02. The maximum Gasteiger partial charge on any atom is 0.156 e. The second-order valence-corrected chi connectivity index (χ2v) is 4.52. The van der Waals surface area contributed by atoms with Crippen LogP contribution in [-0.4, -0.2) is 22.1 Å². The van der Waals surface area contributed by atoms with E-state index in [0.717, 1.165) is 29.6 Å². The van der Waals surface area contributed by atoms with E-state index < -0.39 is 0 Å². The molecule has 4 heteroatoms. The molecule has 1 atom stereocenters. The van der Waals surface area contributed by atoms with E-state index in [1.165, 1.54) is 0 Å². The van der Waals surface area contributed by atoms with Crippen molar-refractivity contribution < 1.29 is 0 Å². The van der Waals surface area contributed by atoms with Crippen molar-refractivity contribution in [1.82, 2.24) is 10.2 Å². The van der Waals surface area contributed by atoms with Gasteiger partial charge in [0.1, 0.15) is 0 Å². The van der Waals surface area contributed by atoms with Gasteiger partial charge in [0.2, 0.25) is 0 Å². The Morgan fingerprint density at radius 1 is 1.38 bits per heavy atom. The molecule has 0 aliphatic carbocycles. The monoisotopic (exact) mass is 235 g/mol. The normalized spacial score (nSPS) is 12.6. The standard InChI is InChI=1S/C12H14ClN3/c1-9(13)6-7-14-12-11-5-3-2-4-10(11)8-15-16-12/h2-5,8-9H,6-7H2,1H3,(H,14,16). The van der Waals surface area contributed by atoms with Gasteiger partial charge in [0.05, 0.1) is 6.20 Å². The summed E-state index contributed by atoms with van der Waals surface area (Å²) in [5.41, 5.74) is 0. The second kappa shape index (κ2) is 5.12. The van der Waals surface area contributed by atoms with Gasteiger partial charge in [-0.15, -0.1) is 16.7 Å². The maximum absolute atomic E-state index is 5.89. The molecule has 0 bridgehead atoms. The zero-order chi connectivity index (χ0) is 11.4. The summed E-state index contributed by atoms with van der Waals surface area (Å²) in [5.74, 6) is 0.829. The van der Waals surface area contributed by atoms with E-state index in [1.807, 2.05) is 31.2 Å². The maximum atomic E-state index is 5.89. The molecule has 1 aromatic carbocycles. The number of halogens is 1. The number of nitrogens with zero attached hydrogens (tertiary/aromatic N) is 2. The van der Waals surface area contributed by atoms with E-state index >= 15 is 0 Å². The molecule has 0 amide bonds. The van der Waals surface area contributed by atoms with E-state index in [4.69, 9.17) is 11.6 Å². The number of nitrogens with one attached hydrogen (secondary N) is 1. The zero-order valence-electron chi connectivity index (χ0n) is 9.15. The predicted molar refractivity (Wildman–Crippen MR) is 68.0 cm³/mol. The number of alkyl halides is 1. The first-order valence-electron chi connectivity index (χ1n) is 5.36. The third kappa shape index (κ3) is 2.61. The number of fused-ring (bicyclic) bond motifs is 1. The average Bonchev–Trinajstić information content (AvgIpc) is 2.29. The molecule has 1 heterocycles. The van der Waals surface area contributed by atoms with E-state index in [-0.39, 0.29) is 5.38 Å². The third-order valence-electron chi connectivity index (χ3n) is 2.41. The summed E-state index contributed by atoms with van der Waals surface area (Å²) in [5, 5.41) is 13.7. The van der Waals surface area contributed by atoms with Crippen LogP contribution >= 0.6 is 11.6 Å². The van der Waals surface area contributed by atoms with Crippen molar-refractivity contribution >= 4 is 28.2 Å². The Morgan fingerprint density at radius 2 is 2.19 bits per heavy atom.